The van der Waals surface area contributed by atoms with E-state index >= 15 is 0 Å². The van der Waals surface area contributed by atoms with Crippen molar-refractivity contribution in [1.82, 2.24) is 10.2 Å². The molecule has 1 aliphatic rings. The number of halogens is 2. The summed E-state index contributed by atoms with van der Waals surface area (Å²) in [6, 6.07) is 4.49. The third-order valence-electron chi connectivity index (χ3n) is 4.06. The molecule has 21 heavy (non-hydrogen) atoms. The molecule has 0 spiro atoms. The molecule has 1 fully saturated rings. The van der Waals surface area contributed by atoms with Gasteiger partial charge in [0.25, 0.3) is 0 Å². The Kier molecular flexibility index (Phi) is 6.33. The molecule has 2 rings (SSSR count). The summed E-state index contributed by atoms with van der Waals surface area (Å²) in [4.78, 5) is 2.37. The van der Waals surface area contributed by atoms with Crippen molar-refractivity contribution in [2.24, 2.45) is 0 Å². The zero-order chi connectivity index (χ0) is 15.1. The van der Waals surface area contributed by atoms with Gasteiger partial charge in [0.2, 0.25) is 0 Å². The Labute approximate surface area is 125 Å². The topological polar surface area (TPSA) is 15.3 Å². The smallest absolute Gasteiger partial charge is 0.159 e. The first-order valence-electron chi connectivity index (χ1n) is 7.73. The molecule has 4 heteroatoms. The van der Waals surface area contributed by atoms with Crippen LogP contribution in [0.4, 0.5) is 8.78 Å². The van der Waals surface area contributed by atoms with Crippen LogP contribution in [0, 0.1) is 11.6 Å². The van der Waals surface area contributed by atoms with Crippen LogP contribution in [0.25, 0.3) is 0 Å². The van der Waals surface area contributed by atoms with Crippen molar-refractivity contribution in [2.45, 2.75) is 31.7 Å². The maximum atomic E-state index is 13.5. The molecule has 0 aromatic heterocycles. The van der Waals surface area contributed by atoms with Crippen molar-refractivity contribution in [1.29, 1.82) is 0 Å². The second kappa shape index (κ2) is 8.25. The largest absolute Gasteiger partial charge is 0.314 e. The third kappa shape index (κ3) is 4.61. The van der Waals surface area contributed by atoms with Crippen LogP contribution in [0.1, 0.15) is 37.3 Å². The first-order chi connectivity index (χ1) is 10.2. The number of rotatable bonds is 7. The van der Waals surface area contributed by atoms with Crippen LogP contribution in [0.15, 0.2) is 30.9 Å². The molecule has 1 N–H and O–H groups in total. The van der Waals surface area contributed by atoms with Crippen LogP contribution >= 0.6 is 0 Å². The van der Waals surface area contributed by atoms with Gasteiger partial charge in [0.1, 0.15) is 0 Å². The first-order valence-corrected chi connectivity index (χ1v) is 7.73. The molecule has 0 saturated carbocycles. The normalized spacial score (nSPS) is 17.6. The lowest BCUT2D eigenvalue weighted by molar-refractivity contribution is 0.162. The van der Waals surface area contributed by atoms with Gasteiger partial charge in [-0.3, -0.25) is 4.90 Å². The van der Waals surface area contributed by atoms with E-state index in [0.29, 0.717) is 0 Å². The summed E-state index contributed by atoms with van der Waals surface area (Å²) in [5.41, 5.74) is 0.884. The standard InChI is InChI=1S/C17H24F2N2/c1-2-3-4-5-6-17(21-11-9-20-10-12-21)14-7-8-15(18)16(19)13-14/h2,7-8,13,17,20H,1,3-6,9-12H2/t17-/m0/s1. The molecule has 1 heterocycles. The lowest BCUT2D eigenvalue weighted by atomic mass is 9.98. The van der Waals surface area contributed by atoms with Gasteiger partial charge in [-0.05, 0) is 37.0 Å². The maximum absolute atomic E-state index is 13.5. The molecule has 0 aliphatic carbocycles. The number of unbranched alkanes of at least 4 members (excludes halogenated alkanes) is 2. The van der Waals surface area contributed by atoms with Gasteiger partial charge in [0, 0.05) is 32.2 Å². The zero-order valence-electron chi connectivity index (χ0n) is 12.5. The number of nitrogens with one attached hydrogen (secondary N) is 1. The van der Waals surface area contributed by atoms with E-state index in [-0.39, 0.29) is 6.04 Å². The fraction of sp³-hybridized carbons (Fsp3) is 0.529. The molecule has 0 amide bonds. The predicted molar refractivity (Wildman–Crippen MR) is 82.2 cm³/mol. The number of hydrogen-bond donors (Lipinski definition) is 1. The molecule has 1 aromatic rings. The molecule has 1 saturated heterocycles. The summed E-state index contributed by atoms with van der Waals surface area (Å²) in [7, 11) is 0. The summed E-state index contributed by atoms with van der Waals surface area (Å²) < 4.78 is 26.7. The van der Waals surface area contributed by atoms with Crippen LogP contribution in [-0.4, -0.2) is 31.1 Å². The monoisotopic (exact) mass is 294 g/mol. The van der Waals surface area contributed by atoms with Crippen LogP contribution in [0.3, 0.4) is 0 Å². The lowest BCUT2D eigenvalue weighted by Gasteiger charge is -2.35. The van der Waals surface area contributed by atoms with Crippen molar-refractivity contribution in [3.8, 4) is 0 Å². The number of benzene rings is 1. The molecule has 1 aliphatic heterocycles. The van der Waals surface area contributed by atoms with E-state index in [2.05, 4.69) is 16.8 Å². The zero-order valence-corrected chi connectivity index (χ0v) is 12.5. The van der Waals surface area contributed by atoms with Crippen LogP contribution in [0.5, 0.6) is 0 Å². The average Bonchev–Trinajstić information content (AvgIpc) is 2.51. The Morgan fingerprint density at radius 2 is 1.95 bits per heavy atom. The minimum Gasteiger partial charge on any atom is -0.314 e. The number of allylic oxidation sites excluding steroid dienone is 1. The Bertz CT molecular complexity index is 456. The molecule has 116 valence electrons. The van der Waals surface area contributed by atoms with Gasteiger partial charge in [-0.1, -0.05) is 18.6 Å². The van der Waals surface area contributed by atoms with Crippen LogP contribution in [0.2, 0.25) is 0 Å². The predicted octanol–water partition coefficient (Wildman–Crippen LogP) is 3.66. The second-order valence-electron chi connectivity index (χ2n) is 5.55. The lowest BCUT2D eigenvalue weighted by Crippen LogP contribution is -2.45. The summed E-state index contributed by atoms with van der Waals surface area (Å²) in [5.74, 6) is -1.52. The molecule has 1 atom stereocenters. The Hall–Kier alpha value is -1.26. The second-order valence-corrected chi connectivity index (χ2v) is 5.55. The number of nitrogens with zero attached hydrogens (tertiary/aromatic N) is 1. The van der Waals surface area contributed by atoms with E-state index in [1.165, 1.54) is 12.1 Å². The van der Waals surface area contributed by atoms with Gasteiger partial charge >= 0.3 is 0 Å². The highest BCUT2D eigenvalue weighted by molar-refractivity contribution is 5.21. The van der Waals surface area contributed by atoms with E-state index in [0.717, 1.165) is 57.4 Å². The van der Waals surface area contributed by atoms with Crippen molar-refractivity contribution >= 4 is 0 Å². The van der Waals surface area contributed by atoms with E-state index < -0.39 is 11.6 Å². The SMILES string of the molecule is C=CCCCC[C@@H](c1ccc(F)c(F)c1)N1CCNCC1. The Balaban J connectivity index is 2.09. The van der Waals surface area contributed by atoms with Gasteiger partial charge < -0.3 is 5.32 Å². The van der Waals surface area contributed by atoms with Gasteiger partial charge in [0.05, 0.1) is 0 Å². The van der Waals surface area contributed by atoms with Crippen LogP contribution in [-0.2, 0) is 0 Å². The van der Waals surface area contributed by atoms with E-state index in [1.54, 1.807) is 6.07 Å². The molecule has 0 unspecified atom stereocenters. The third-order valence-corrected chi connectivity index (χ3v) is 4.06. The van der Waals surface area contributed by atoms with E-state index in [4.69, 9.17) is 0 Å². The minimum absolute atomic E-state index is 0.173. The summed E-state index contributed by atoms with van der Waals surface area (Å²) in [6.45, 7) is 7.54. The molecular weight excluding hydrogens is 270 g/mol. The molecule has 1 aromatic carbocycles. The Morgan fingerprint density at radius 1 is 1.19 bits per heavy atom. The first kappa shape index (κ1) is 16.1. The van der Waals surface area contributed by atoms with Crippen molar-refractivity contribution in [2.75, 3.05) is 26.2 Å². The Morgan fingerprint density at radius 3 is 2.62 bits per heavy atom. The average molecular weight is 294 g/mol. The van der Waals surface area contributed by atoms with Crippen molar-refractivity contribution < 1.29 is 8.78 Å². The summed E-state index contributed by atoms with van der Waals surface area (Å²) >= 11 is 0. The van der Waals surface area contributed by atoms with Crippen LogP contribution < -0.4 is 5.32 Å². The fourth-order valence-electron chi connectivity index (χ4n) is 2.90. The van der Waals surface area contributed by atoms with E-state index in [1.807, 2.05) is 6.08 Å². The molecule has 0 bridgehead atoms. The van der Waals surface area contributed by atoms with Gasteiger partial charge in [0.15, 0.2) is 11.6 Å². The highest BCUT2D eigenvalue weighted by Crippen LogP contribution is 2.28. The van der Waals surface area contributed by atoms with Gasteiger partial charge in [-0.15, -0.1) is 6.58 Å². The number of piperazine rings is 1. The summed E-state index contributed by atoms with van der Waals surface area (Å²) in [5, 5.41) is 3.33. The van der Waals surface area contributed by atoms with E-state index in [9.17, 15) is 8.78 Å². The highest BCUT2D eigenvalue weighted by atomic mass is 19.2. The fourth-order valence-corrected chi connectivity index (χ4v) is 2.90. The maximum Gasteiger partial charge on any atom is 0.159 e. The van der Waals surface area contributed by atoms with Crippen molar-refractivity contribution in [3.63, 3.8) is 0 Å². The molecule has 0 radical (unpaired) electrons. The molecule has 2 nitrogen and oxygen atoms in total. The quantitative estimate of drug-likeness (QED) is 0.610. The van der Waals surface area contributed by atoms with Gasteiger partial charge in [-0.2, -0.15) is 0 Å². The highest BCUT2D eigenvalue weighted by Gasteiger charge is 2.22. The summed E-state index contributed by atoms with van der Waals surface area (Å²) in [6.07, 6.45) is 6.07. The molecular formula is C17H24F2N2. The minimum atomic E-state index is -0.774. The number of hydrogen-bond acceptors (Lipinski definition) is 2. The van der Waals surface area contributed by atoms with Gasteiger partial charge in [-0.25, -0.2) is 8.78 Å². The van der Waals surface area contributed by atoms with Crippen molar-refractivity contribution in [3.05, 3.63) is 48.1 Å².